The van der Waals surface area contributed by atoms with Crippen LogP contribution in [0.4, 0.5) is 11.4 Å². The van der Waals surface area contributed by atoms with Gasteiger partial charge in [0.1, 0.15) is 5.84 Å². The maximum atomic E-state index is 5.56. The van der Waals surface area contributed by atoms with E-state index < -0.39 is 0 Å². The fourth-order valence-corrected chi connectivity index (χ4v) is 2.10. The van der Waals surface area contributed by atoms with Crippen LogP contribution in [-0.4, -0.2) is 12.4 Å². The molecule has 1 heterocycles. The van der Waals surface area contributed by atoms with Crippen molar-refractivity contribution in [2.45, 2.75) is 6.42 Å². The van der Waals surface area contributed by atoms with E-state index in [9.17, 15) is 0 Å². The van der Waals surface area contributed by atoms with Gasteiger partial charge in [-0.25, -0.2) is 4.99 Å². The van der Waals surface area contributed by atoms with Gasteiger partial charge in [0, 0.05) is 17.5 Å². The second-order valence-electron chi connectivity index (χ2n) is 3.90. The van der Waals surface area contributed by atoms with Gasteiger partial charge in [-0.1, -0.05) is 24.3 Å². The zero-order chi connectivity index (χ0) is 11.0. The molecule has 1 aliphatic rings. The van der Waals surface area contributed by atoms with Crippen LogP contribution < -0.4 is 11.1 Å². The largest absolute Gasteiger partial charge is 0.343 e. The highest BCUT2D eigenvalue weighted by Gasteiger charge is 2.12. The normalized spacial score (nSPS) is 13.4. The SMILES string of the molecule is NCCC1=Nc2cccc3cccc(c23)N1. The number of nitrogens with zero attached hydrogens (tertiary/aromatic N) is 1. The molecule has 3 nitrogen and oxygen atoms in total. The fraction of sp³-hybridized carbons (Fsp3) is 0.154. The Balaban J connectivity index is 2.23. The van der Waals surface area contributed by atoms with E-state index in [1.807, 2.05) is 12.1 Å². The lowest BCUT2D eigenvalue weighted by atomic mass is 10.1. The zero-order valence-corrected chi connectivity index (χ0v) is 8.90. The first-order valence-corrected chi connectivity index (χ1v) is 5.45. The molecule has 0 aliphatic carbocycles. The molecule has 0 atom stereocenters. The third kappa shape index (κ3) is 1.37. The molecule has 0 saturated heterocycles. The maximum Gasteiger partial charge on any atom is 0.108 e. The van der Waals surface area contributed by atoms with E-state index in [-0.39, 0.29) is 0 Å². The fourth-order valence-electron chi connectivity index (χ4n) is 2.10. The Morgan fingerprint density at radius 2 is 1.94 bits per heavy atom. The lowest BCUT2D eigenvalue weighted by Crippen LogP contribution is -2.18. The van der Waals surface area contributed by atoms with Crippen molar-refractivity contribution in [2.24, 2.45) is 10.7 Å². The van der Waals surface area contributed by atoms with Crippen LogP contribution in [0, 0.1) is 0 Å². The first-order chi connectivity index (χ1) is 7.88. The van der Waals surface area contributed by atoms with Crippen molar-refractivity contribution in [2.75, 3.05) is 11.9 Å². The molecule has 0 unspecified atom stereocenters. The number of benzene rings is 2. The lowest BCUT2D eigenvalue weighted by molar-refractivity contribution is 1.04. The predicted octanol–water partition coefficient (Wildman–Crippen LogP) is 2.64. The van der Waals surface area contributed by atoms with Crippen molar-refractivity contribution in [3.63, 3.8) is 0 Å². The summed E-state index contributed by atoms with van der Waals surface area (Å²) in [4.78, 5) is 4.58. The van der Waals surface area contributed by atoms with Gasteiger partial charge in [-0.05, 0) is 24.1 Å². The molecule has 0 saturated carbocycles. The Hall–Kier alpha value is -1.87. The first kappa shape index (κ1) is 9.36. The van der Waals surface area contributed by atoms with Gasteiger partial charge in [0.05, 0.1) is 5.69 Å². The van der Waals surface area contributed by atoms with Crippen molar-refractivity contribution in [3.05, 3.63) is 36.4 Å². The number of rotatable bonds is 2. The van der Waals surface area contributed by atoms with Gasteiger partial charge in [0.25, 0.3) is 0 Å². The second-order valence-corrected chi connectivity index (χ2v) is 3.90. The standard InChI is InChI=1S/C13H13N3/c14-8-7-12-15-10-5-1-3-9-4-2-6-11(16-12)13(9)10/h1-6H,7-8,14H2,(H,15,16). The summed E-state index contributed by atoms with van der Waals surface area (Å²) in [5.41, 5.74) is 7.72. The number of hydrogen-bond acceptors (Lipinski definition) is 3. The van der Waals surface area contributed by atoms with Gasteiger partial charge in [0.2, 0.25) is 0 Å². The average Bonchev–Trinajstić information content (AvgIpc) is 2.30. The zero-order valence-electron chi connectivity index (χ0n) is 8.90. The minimum atomic E-state index is 0.615. The maximum absolute atomic E-state index is 5.56. The number of nitrogens with two attached hydrogens (primary N) is 1. The summed E-state index contributed by atoms with van der Waals surface area (Å²) >= 11 is 0. The Bertz CT molecular complexity index is 567. The number of nitrogens with one attached hydrogen (secondary N) is 1. The van der Waals surface area contributed by atoms with Gasteiger partial charge in [-0.3, -0.25) is 0 Å². The first-order valence-electron chi connectivity index (χ1n) is 5.45. The van der Waals surface area contributed by atoms with E-state index >= 15 is 0 Å². The van der Waals surface area contributed by atoms with E-state index in [0.29, 0.717) is 6.54 Å². The molecule has 0 amide bonds. The highest BCUT2D eigenvalue weighted by atomic mass is 15.0. The summed E-state index contributed by atoms with van der Waals surface area (Å²) in [7, 11) is 0. The van der Waals surface area contributed by atoms with Gasteiger partial charge in [0.15, 0.2) is 0 Å². The van der Waals surface area contributed by atoms with Crippen LogP contribution in [0.15, 0.2) is 41.4 Å². The van der Waals surface area contributed by atoms with Gasteiger partial charge < -0.3 is 11.1 Å². The Morgan fingerprint density at radius 1 is 1.12 bits per heavy atom. The number of anilines is 1. The minimum absolute atomic E-state index is 0.615. The molecule has 3 heteroatoms. The Kier molecular flexibility index (Phi) is 2.11. The molecule has 2 aromatic rings. The molecule has 80 valence electrons. The second kappa shape index (κ2) is 3.61. The molecule has 0 radical (unpaired) electrons. The van der Waals surface area contributed by atoms with Crippen molar-refractivity contribution in [1.82, 2.24) is 0 Å². The van der Waals surface area contributed by atoms with E-state index in [0.717, 1.165) is 23.6 Å². The van der Waals surface area contributed by atoms with E-state index in [1.165, 1.54) is 10.8 Å². The van der Waals surface area contributed by atoms with Crippen LogP contribution in [0.5, 0.6) is 0 Å². The summed E-state index contributed by atoms with van der Waals surface area (Å²) in [6.45, 7) is 0.615. The molecule has 3 N–H and O–H groups in total. The summed E-state index contributed by atoms with van der Waals surface area (Å²) < 4.78 is 0. The molecular formula is C13H13N3. The Labute approximate surface area is 94.0 Å². The monoisotopic (exact) mass is 211 g/mol. The van der Waals surface area contributed by atoms with E-state index in [4.69, 9.17) is 5.73 Å². The molecular weight excluding hydrogens is 198 g/mol. The topological polar surface area (TPSA) is 50.4 Å². The molecule has 0 fully saturated rings. The van der Waals surface area contributed by atoms with Crippen LogP contribution in [0.1, 0.15) is 6.42 Å². The highest BCUT2D eigenvalue weighted by Crippen LogP contribution is 2.35. The van der Waals surface area contributed by atoms with Gasteiger partial charge in [-0.15, -0.1) is 0 Å². The lowest BCUT2D eigenvalue weighted by Gasteiger charge is -2.18. The van der Waals surface area contributed by atoms with Crippen LogP contribution in [0.3, 0.4) is 0 Å². The molecule has 0 bridgehead atoms. The van der Waals surface area contributed by atoms with Gasteiger partial charge >= 0.3 is 0 Å². The molecule has 2 aromatic carbocycles. The average molecular weight is 211 g/mol. The summed E-state index contributed by atoms with van der Waals surface area (Å²) in [5.74, 6) is 0.953. The van der Waals surface area contributed by atoms with Crippen LogP contribution >= 0.6 is 0 Å². The molecule has 0 aromatic heterocycles. The molecule has 0 spiro atoms. The smallest absolute Gasteiger partial charge is 0.108 e. The predicted molar refractivity (Wildman–Crippen MR) is 68.3 cm³/mol. The van der Waals surface area contributed by atoms with E-state index in [1.54, 1.807) is 0 Å². The quantitative estimate of drug-likeness (QED) is 0.802. The van der Waals surface area contributed by atoms with Crippen LogP contribution in [0.25, 0.3) is 10.8 Å². The highest BCUT2D eigenvalue weighted by molar-refractivity contribution is 6.13. The third-order valence-corrected chi connectivity index (χ3v) is 2.80. The number of hydrogen-bond donors (Lipinski definition) is 2. The molecule has 3 rings (SSSR count). The molecule has 16 heavy (non-hydrogen) atoms. The summed E-state index contributed by atoms with van der Waals surface area (Å²) in [5, 5.41) is 5.75. The summed E-state index contributed by atoms with van der Waals surface area (Å²) in [6, 6.07) is 12.4. The number of amidine groups is 1. The van der Waals surface area contributed by atoms with Crippen LogP contribution in [-0.2, 0) is 0 Å². The van der Waals surface area contributed by atoms with E-state index in [2.05, 4.69) is 34.6 Å². The van der Waals surface area contributed by atoms with Crippen LogP contribution in [0.2, 0.25) is 0 Å². The molecule has 1 aliphatic heterocycles. The van der Waals surface area contributed by atoms with Gasteiger partial charge in [-0.2, -0.15) is 0 Å². The van der Waals surface area contributed by atoms with Crippen molar-refractivity contribution >= 4 is 28.0 Å². The minimum Gasteiger partial charge on any atom is -0.343 e. The van der Waals surface area contributed by atoms with Crippen molar-refractivity contribution in [1.29, 1.82) is 0 Å². The third-order valence-electron chi connectivity index (χ3n) is 2.80. The summed E-state index contributed by atoms with van der Waals surface area (Å²) in [6.07, 6.45) is 0.782. The van der Waals surface area contributed by atoms with Crippen molar-refractivity contribution < 1.29 is 0 Å². The Morgan fingerprint density at radius 3 is 2.75 bits per heavy atom. The number of aliphatic imine (C=N–C) groups is 1. The van der Waals surface area contributed by atoms with Crippen molar-refractivity contribution in [3.8, 4) is 0 Å².